The van der Waals surface area contributed by atoms with E-state index in [9.17, 15) is 4.79 Å². The zero-order valence-corrected chi connectivity index (χ0v) is 18.4. The number of nitrogens with two attached hydrogens (primary N) is 1. The van der Waals surface area contributed by atoms with Crippen LogP contribution in [0.25, 0.3) is 0 Å². The summed E-state index contributed by atoms with van der Waals surface area (Å²) in [5.74, 6) is 1.43. The lowest BCUT2D eigenvalue weighted by Crippen LogP contribution is -2.23. The number of nitrogens with one attached hydrogen (secondary N) is 2. The van der Waals surface area contributed by atoms with Gasteiger partial charge < -0.3 is 16.4 Å². The molecule has 1 atom stereocenters. The van der Waals surface area contributed by atoms with Gasteiger partial charge in [-0.1, -0.05) is 30.3 Å². The van der Waals surface area contributed by atoms with Gasteiger partial charge in [0.25, 0.3) is 0 Å². The molecule has 156 valence electrons. The van der Waals surface area contributed by atoms with Crippen LogP contribution in [0.15, 0.2) is 42.5 Å². The fraction of sp³-hybridized carbons (Fsp3) is 0.273. The molecule has 7 nitrogen and oxygen atoms in total. The molecule has 0 aliphatic rings. The molecule has 0 aliphatic carbocycles. The topological polar surface area (TPSA) is 106 Å². The number of nitrogens with zero attached hydrogens (tertiary/aromatic N) is 3. The summed E-state index contributed by atoms with van der Waals surface area (Å²) >= 11 is 1.45. The summed E-state index contributed by atoms with van der Waals surface area (Å²) in [6, 6.07) is 13.8. The average Bonchev–Trinajstić information content (AvgIpc) is 2.70. The predicted molar refractivity (Wildman–Crippen MR) is 124 cm³/mol. The molecular formula is C22H26N6OS. The van der Waals surface area contributed by atoms with Gasteiger partial charge in [-0.3, -0.25) is 4.79 Å². The van der Waals surface area contributed by atoms with Gasteiger partial charge in [-0.05, 0) is 56.5 Å². The summed E-state index contributed by atoms with van der Waals surface area (Å²) in [4.78, 5) is 25.4. The maximum atomic E-state index is 12.6. The molecule has 0 fully saturated rings. The lowest BCUT2D eigenvalue weighted by Gasteiger charge is -2.14. The molecule has 0 bridgehead atoms. The summed E-state index contributed by atoms with van der Waals surface area (Å²) in [6.45, 7) is 7.84. The van der Waals surface area contributed by atoms with E-state index in [1.54, 1.807) is 0 Å². The Morgan fingerprint density at radius 2 is 1.77 bits per heavy atom. The number of thioether (sulfide) groups is 1. The third kappa shape index (κ3) is 5.70. The highest BCUT2D eigenvalue weighted by Gasteiger charge is 2.16. The molecule has 3 aromatic rings. The largest absolute Gasteiger partial charge is 0.368 e. The molecule has 30 heavy (non-hydrogen) atoms. The molecule has 1 aromatic heterocycles. The lowest BCUT2D eigenvalue weighted by atomic mass is 10.1. The van der Waals surface area contributed by atoms with Crippen molar-refractivity contribution in [2.75, 3.05) is 16.4 Å². The zero-order valence-electron chi connectivity index (χ0n) is 17.6. The maximum absolute atomic E-state index is 12.6. The lowest BCUT2D eigenvalue weighted by molar-refractivity contribution is -0.115. The van der Waals surface area contributed by atoms with Crippen molar-refractivity contribution in [2.24, 2.45) is 0 Å². The number of hydrogen-bond donors (Lipinski definition) is 3. The molecule has 0 unspecified atom stereocenters. The Balaban J connectivity index is 1.63. The number of aryl methyl sites for hydroxylation is 3. The normalized spacial score (nSPS) is 11.7. The van der Waals surface area contributed by atoms with Crippen molar-refractivity contribution >= 4 is 40.9 Å². The van der Waals surface area contributed by atoms with Crippen molar-refractivity contribution in [1.82, 2.24) is 15.0 Å². The van der Waals surface area contributed by atoms with Crippen LogP contribution in [-0.2, 0) is 10.5 Å². The molecule has 0 aliphatic heterocycles. The van der Waals surface area contributed by atoms with Crippen LogP contribution in [0, 0.1) is 20.8 Å². The first-order valence-electron chi connectivity index (χ1n) is 9.64. The number of amides is 1. The van der Waals surface area contributed by atoms with Crippen molar-refractivity contribution in [3.05, 3.63) is 65.0 Å². The van der Waals surface area contributed by atoms with Crippen molar-refractivity contribution < 1.29 is 4.79 Å². The number of nitrogen functional groups attached to an aromatic ring is 1. The number of hydrogen-bond acceptors (Lipinski definition) is 7. The first-order chi connectivity index (χ1) is 14.3. The van der Waals surface area contributed by atoms with E-state index < -0.39 is 0 Å². The van der Waals surface area contributed by atoms with E-state index in [4.69, 9.17) is 5.73 Å². The summed E-state index contributed by atoms with van der Waals surface area (Å²) in [6.07, 6.45) is 0. The molecular weight excluding hydrogens is 396 g/mol. The number of carbonyl (C=O) groups excluding carboxylic acids is 1. The van der Waals surface area contributed by atoms with Gasteiger partial charge >= 0.3 is 0 Å². The molecule has 1 amide bonds. The van der Waals surface area contributed by atoms with Gasteiger partial charge in [-0.2, -0.15) is 15.0 Å². The van der Waals surface area contributed by atoms with Gasteiger partial charge in [0.2, 0.25) is 17.8 Å². The minimum atomic E-state index is -0.282. The van der Waals surface area contributed by atoms with Crippen molar-refractivity contribution in [3.8, 4) is 0 Å². The minimum absolute atomic E-state index is 0.0611. The molecule has 0 spiro atoms. The summed E-state index contributed by atoms with van der Waals surface area (Å²) in [5.41, 5.74) is 10.8. The van der Waals surface area contributed by atoms with Crippen molar-refractivity contribution in [2.45, 2.75) is 38.7 Å². The number of benzene rings is 2. The Bertz CT molecular complexity index is 1060. The molecule has 1 heterocycles. The quantitative estimate of drug-likeness (QED) is 0.519. The van der Waals surface area contributed by atoms with Crippen molar-refractivity contribution in [3.63, 3.8) is 0 Å². The predicted octanol–water partition coefficient (Wildman–Crippen LogP) is 4.38. The monoisotopic (exact) mass is 422 g/mol. The summed E-state index contributed by atoms with van der Waals surface area (Å²) < 4.78 is 0. The van der Waals surface area contributed by atoms with Crippen LogP contribution in [0.2, 0.25) is 0 Å². The van der Waals surface area contributed by atoms with E-state index in [0.29, 0.717) is 17.5 Å². The standard InChI is InChI=1S/C22H26N6OS/c1-13-9-10-15(3)18(11-13)24-20(29)16(4)30-12-19-26-21(23)28-22(27-19)25-17-8-6-5-7-14(17)2/h5-11,16H,12H2,1-4H3,(H,24,29)(H3,23,25,26,27,28)/t16-/m1/s1. The van der Waals surface area contributed by atoms with E-state index in [1.807, 2.05) is 70.2 Å². The summed E-state index contributed by atoms with van der Waals surface area (Å²) in [7, 11) is 0. The van der Waals surface area contributed by atoms with Gasteiger partial charge in [0.1, 0.15) is 5.82 Å². The maximum Gasteiger partial charge on any atom is 0.237 e. The Hall–Kier alpha value is -3.13. The van der Waals surface area contributed by atoms with E-state index in [0.717, 1.165) is 28.1 Å². The van der Waals surface area contributed by atoms with Crippen molar-refractivity contribution in [1.29, 1.82) is 0 Å². The van der Waals surface area contributed by atoms with E-state index >= 15 is 0 Å². The average molecular weight is 423 g/mol. The van der Waals surface area contributed by atoms with Gasteiger partial charge in [0.15, 0.2) is 0 Å². The van der Waals surface area contributed by atoms with E-state index in [2.05, 4.69) is 25.6 Å². The summed E-state index contributed by atoms with van der Waals surface area (Å²) in [5, 5.41) is 5.89. The molecule has 2 aromatic carbocycles. The van der Waals surface area contributed by atoms with Crippen LogP contribution < -0.4 is 16.4 Å². The second kappa shape index (κ2) is 9.58. The second-order valence-corrected chi connectivity index (χ2v) is 8.46. The molecule has 4 N–H and O–H groups in total. The third-order valence-corrected chi connectivity index (χ3v) is 5.71. The number of carbonyl (C=O) groups is 1. The second-order valence-electron chi connectivity index (χ2n) is 7.13. The van der Waals surface area contributed by atoms with Crippen LogP contribution in [-0.4, -0.2) is 26.1 Å². The Kier molecular flexibility index (Phi) is 6.89. The van der Waals surface area contributed by atoms with E-state index in [1.165, 1.54) is 11.8 Å². The van der Waals surface area contributed by atoms with Gasteiger partial charge in [-0.25, -0.2) is 0 Å². The highest BCUT2D eigenvalue weighted by Crippen LogP contribution is 2.22. The third-order valence-electron chi connectivity index (χ3n) is 4.57. The fourth-order valence-electron chi connectivity index (χ4n) is 2.77. The molecule has 0 radical (unpaired) electrons. The van der Waals surface area contributed by atoms with Gasteiger partial charge in [0.05, 0.1) is 11.0 Å². The minimum Gasteiger partial charge on any atom is -0.368 e. The fourth-order valence-corrected chi connectivity index (χ4v) is 3.51. The Morgan fingerprint density at radius 1 is 1.03 bits per heavy atom. The van der Waals surface area contributed by atoms with Crippen LogP contribution in [0.5, 0.6) is 0 Å². The highest BCUT2D eigenvalue weighted by atomic mass is 32.2. The van der Waals surface area contributed by atoms with Crippen LogP contribution in [0.4, 0.5) is 23.3 Å². The molecule has 3 rings (SSSR count). The zero-order chi connectivity index (χ0) is 21.7. The van der Waals surface area contributed by atoms with E-state index in [-0.39, 0.29) is 17.1 Å². The number of para-hydroxylation sites is 1. The molecule has 0 saturated carbocycles. The Labute approximate surface area is 180 Å². The van der Waals surface area contributed by atoms with Gasteiger partial charge in [-0.15, -0.1) is 11.8 Å². The van der Waals surface area contributed by atoms with Gasteiger partial charge in [0, 0.05) is 11.4 Å². The number of rotatable bonds is 7. The first-order valence-corrected chi connectivity index (χ1v) is 10.7. The van der Waals surface area contributed by atoms with Crippen LogP contribution in [0.3, 0.4) is 0 Å². The van der Waals surface area contributed by atoms with Crippen LogP contribution in [0.1, 0.15) is 29.4 Å². The number of anilines is 4. The SMILES string of the molecule is Cc1ccc(C)c(NC(=O)[C@@H](C)SCc2nc(N)nc(Nc3ccccc3C)n2)c1. The highest BCUT2D eigenvalue weighted by molar-refractivity contribution is 7.99. The molecule has 8 heteroatoms. The first kappa shape index (κ1) is 21.6. The smallest absolute Gasteiger partial charge is 0.237 e. The number of aromatic nitrogens is 3. The van der Waals surface area contributed by atoms with Crippen LogP contribution >= 0.6 is 11.8 Å². The molecule has 0 saturated heterocycles. The Morgan fingerprint density at radius 3 is 2.53 bits per heavy atom.